The van der Waals surface area contributed by atoms with E-state index in [-0.39, 0.29) is 17.4 Å². The van der Waals surface area contributed by atoms with E-state index in [4.69, 9.17) is 4.74 Å². The molecule has 20 heavy (non-hydrogen) atoms. The zero-order chi connectivity index (χ0) is 14.9. The first-order chi connectivity index (χ1) is 9.30. The van der Waals surface area contributed by atoms with E-state index in [0.717, 1.165) is 0 Å². The van der Waals surface area contributed by atoms with Crippen molar-refractivity contribution in [2.24, 2.45) is 5.41 Å². The van der Waals surface area contributed by atoms with E-state index < -0.39 is 18.0 Å². The number of aliphatic hydroxyl groups is 1. The Balaban J connectivity index is 1.90. The standard InChI is InChI=1S/C15H20FNO3/c1-9(20-11-6-4-5-10(16)7-11)14(19)17-12-8-13(18)15(12,2)3/h4-7,9,12-13,18H,8H2,1-3H3,(H,17,19). The molecule has 1 amide bonds. The topological polar surface area (TPSA) is 58.6 Å². The lowest BCUT2D eigenvalue weighted by Crippen LogP contribution is -2.62. The van der Waals surface area contributed by atoms with E-state index in [2.05, 4.69) is 5.32 Å². The summed E-state index contributed by atoms with van der Waals surface area (Å²) in [5, 5.41) is 12.5. The third-order valence-corrected chi connectivity index (χ3v) is 4.01. The van der Waals surface area contributed by atoms with Crippen LogP contribution < -0.4 is 10.1 Å². The predicted octanol–water partition coefficient (Wildman–Crippen LogP) is 1.87. The highest BCUT2D eigenvalue weighted by Gasteiger charge is 2.48. The summed E-state index contributed by atoms with van der Waals surface area (Å²) in [5.74, 6) is -0.349. The Labute approximate surface area is 117 Å². The van der Waals surface area contributed by atoms with Crippen molar-refractivity contribution in [2.45, 2.75) is 45.4 Å². The Hall–Kier alpha value is -1.62. The fourth-order valence-electron chi connectivity index (χ4n) is 2.23. The molecular formula is C15H20FNO3. The molecule has 0 aliphatic heterocycles. The van der Waals surface area contributed by atoms with Crippen molar-refractivity contribution in [1.82, 2.24) is 5.32 Å². The van der Waals surface area contributed by atoms with Crippen molar-refractivity contribution < 1.29 is 19.0 Å². The maximum atomic E-state index is 13.0. The van der Waals surface area contributed by atoms with Crippen molar-refractivity contribution in [3.05, 3.63) is 30.1 Å². The van der Waals surface area contributed by atoms with E-state index in [9.17, 15) is 14.3 Å². The highest BCUT2D eigenvalue weighted by molar-refractivity contribution is 5.81. The van der Waals surface area contributed by atoms with Gasteiger partial charge in [-0.25, -0.2) is 4.39 Å². The molecule has 2 rings (SSSR count). The van der Waals surface area contributed by atoms with Crippen LogP contribution in [-0.4, -0.2) is 29.3 Å². The van der Waals surface area contributed by atoms with Gasteiger partial charge in [0, 0.05) is 17.5 Å². The molecule has 0 bridgehead atoms. The van der Waals surface area contributed by atoms with E-state index in [1.807, 2.05) is 13.8 Å². The average molecular weight is 281 g/mol. The molecule has 1 aromatic rings. The highest BCUT2D eigenvalue weighted by Crippen LogP contribution is 2.40. The minimum atomic E-state index is -0.717. The van der Waals surface area contributed by atoms with Crippen LogP contribution in [0.5, 0.6) is 5.75 Å². The molecule has 1 fully saturated rings. The molecule has 1 aliphatic rings. The molecule has 0 radical (unpaired) electrons. The summed E-state index contributed by atoms with van der Waals surface area (Å²) >= 11 is 0. The fraction of sp³-hybridized carbons (Fsp3) is 0.533. The first-order valence-electron chi connectivity index (χ1n) is 6.71. The van der Waals surface area contributed by atoms with Crippen molar-refractivity contribution >= 4 is 5.91 Å². The number of ether oxygens (including phenoxy) is 1. The van der Waals surface area contributed by atoms with Crippen LogP contribution in [0.3, 0.4) is 0 Å². The number of rotatable bonds is 4. The van der Waals surface area contributed by atoms with Gasteiger partial charge in [-0.1, -0.05) is 19.9 Å². The van der Waals surface area contributed by atoms with Gasteiger partial charge in [0.25, 0.3) is 5.91 Å². The van der Waals surface area contributed by atoms with Crippen molar-refractivity contribution in [3.63, 3.8) is 0 Å². The fourth-order valence-corrected chi connectivity index (χ4v) is 2.23. The van der Waals surface area contributed by atoms with Gasteiger partial charge in [-0.2, -0.15) is 0 Å². The van der Waals surface area contributed by atoms with Crippen molar-refractivity contribution in [2.75, 3.05) is 0 Å². The molecule has 0 heterocycles. The van der Waals surface area contributed by atoms with Gasteiger partial charge >= 0.3 is 0 Å². The summed E-state index contributed by atoms with van der Waals surface area (Å²) in [6.45, 7) is 5.43. The van der Waals surface area contributed by atoms with E-state index in [1.54, 1.807) is 13.0 Å². The van der Waals surface area contributed by atoms with E-state index >= 15 is 0 Å². The molecule has 1 aliphatic carbocycles. The molecule has 2 N–H and O–H groups in total. The number of nitrogens with one attached hydrogen (secondary N) is 1. The number of carbonyl (C=O) groups is 1. The Bertz CT molecular complexity index is 504. The predicted molar refractivity (Wildman–Crippen MR) is 72.8 cm³/mol. The molecule has 3 unspecified atom stereocenters. The second kappa shape index (κ2) is 5.40. The lowest BCUT2D eigenvalue weighted by Gasteiger charge is -2.49. The van der Waals surface area contributed by atoms with Gasteiger partial charge in [0.15, 0.2) is 6.10 Å². The van der Waals surface area contributed by atoms with Gasteiger partial charge in [-0.05, 0) is 25.5 Å². The smallest absolute Gasteiger partial charge is 0.261 e. The van der Waals surface area contributed by atoms with Crippen LogP contribution in [0.25, 0.3) is 0 Å². The number of aliphatic hydroxyl groups excluding tert-OH is 1. The zero-order valence-corrected chi connectivity index (χ0v) is 11.9. The molecule has 5 heteroatoms. The Morgan fingerprint density at radius 2 is 2.25 bits per heavy atom. The molecule has 1 saturated carbocycles. The average Bonchev–Trinajstić information content (AvgIpc) is 2.38. The Kier molecular flexibility index (Phi) is 3.99. The minimum Gasteiger partial charge on any atom is -0.481 e. The summed E-state index contributed by atoms with van der Waals surface area (Å²) in [4.78, 5) is 12.0. The van der Waals surface area contributed by atoms with E-state index in [1.165, 1.54) is 18.2 Å². The van der Waals surface area contributed by atoms with Gasteiger partial charge in [-0.15, -0.1) is 0 Å². The number of hydrogen-bond acceptors (Lipinski definition) is 3. The first kappa shape index (κ1) is 14.8. The summed E-state index contributed by atoms with van der Waals surface area (Å²) in [7, 11) is 0. The summed E-state index contributed by atoms with van der Waals surface area (Å²) in [5.41, 5.74) is -0.325. The van der Waals surface area contributed by atoms with Crippen LogP contribution in [0.2, 0.25) is 0 Å². The second-order valence-corrected chi connectivity index (χ2v) is 5.85. The van der Waals surface area contributed by atoms with Crippen LogP contribution in [0.15, 0.2) is 24.3 Å². The van der Waals surface area contributed by atoms with Crippen LogP contribution in [0.4, 0.5) is 4.39 Å². The number of benzene rings is 1. The monoisotopic (exact) mass is 281 g/mol. The van der Waals surface area contributed by atoms with Gasteiger partial charge in [0.1, 0.15) is 11.6 Å². The van der Waals surface area contributed by atoms with Crippen LogP contribution in [-0.2, 0) is 4.79 Å². The lowest BCUT2D eigenvalue weighted by molar-refractivity contribution is -0.135. The van der Waals surface area contributed by atoms with E-state index in [0.29, 0.717) is 12.2 Å². The Morgan fingerprint density at radius 3 is 2.80 bits per heavy atom. The quantitative estimate of drug-likeness (QED) is 0.885. The first-order valence-corrected chi connectivity index (χ1v) is 6.71. The molecular weight excluding hydrogens is 261 g/mol. The molecule has 3 atom stereocenters. The van der Waals surface area contributed by atoms with Crippen LogP contribution in [0.1, 0.15) is 27.2 Å². The molecule has 0 spiro atoms. The summed E-state index contributed by atoms with van der Waals surface area (Å²) in [6, 6.07) is 5.62. The van der Waals surface area contributed by atoms with Crippen molar-refractivity contribution in [3.8, 4) is 5.75 Å². The largest absolute Gasteiger partial charge is 0.481 e. The number of hydrogen-bond donors (Lipinski definition) is 2. The summed E-state index contributed by atoms with van der Waals surface area (Å²) in [6.07, 6.45) is -0.566. The molecule has 0 saturated heterocycles. The molecule has 0 aromatic heterocycles. The minimum absolute atomic E-state index is 0.0661. The van der Waals surface area contributed by atoms with Gasteiger partial charge in [0.2, 0.25) is 0 Å². The second-order valence-electron chi connectivity index (χ2n) is 5.85. The lowest BCUT2D eigenvalue weighted by atomic mass is 9.64. The zero-order valence-electron chi connectivity index (χ0n) is 11.9. The SMILES string of the molecule is CC(Oc1cccc(F)c1)C(=O)NC1CC(O)C1(C)C. The third-order valence-electron chi connectivity index (χ3n) is 4.01. The highest BCUT2D eigenvalue weighted by atomic mass is 19.1. The Morgan fingerprint density at radius 1 is 1.55 bits per heavy atom. The van der Waals surface area contributed by atoms with Gasteiger partial charge < -0.3 is 15.2 Å². The van der Waals surface area contributed by atoms with Crippen LogP contribution in [0, 0.1) is 11.2 Å². The van der Waals surface area contributed by atoms with Crippen LogP contribution >= 0.6 is 0 Å². The van der Waals surface area contributed by atoms with Crippen molar-refractivity contribution in [1.29, 1.82) is 0 Å². The van der Waals surface area contributed by atoms with Gasteiger partial charge in [-0.3, -0.25) is 4.79 Å². The normalized spacial score (nSPS) is 25.4. The third kappa shape index (κ3) is 2.93. The number of amides is 1. The molecule has 4 nitrogen and oxygen atoms in total. The number of halogens is 1. The number of carbonyl (C=O) groups excluding carboxylic acids is 1. The maximum absolute atomic E-state index is 13.0. The molecule has 1 aromatic carbocycles. The molecule has 110 valence electrons. The van der Waals surface area contributed by atoms with Gasteiger partial charge in [0.05, 0.1) is 6.10 Å². The maximum Gasteiger partial charge on any atom is 0.261 e. The summed E-state index contributed by atoms with van der Waals surface area (Å²) < 4.78 is 18.4.